The molecular formula is C10H18ClNO2. The first-order chi connectivity index (χ1) is 6.83. The van der Waals surface area contributed by atoms with Gasteiger partial charge in [0.1, 0.15) is 0 Å². The Bertz CT molecular complexity index is 170. The largest absolute Gasteiger partial charge is 0.381 e. The van der Waals surface area contributed by atoms with Gasteiger partial charge in [-0.25, -0.2) is 0 Å². The molecule has 1 aliphatic rings. The van der Waals surface area contributed by atoms with E-state index in [9.17, 15) is 4.79 Å². The summed E-state index contributed by atoms with van der Waals surface area (Å²) in [4.78, 5) is 11.2. The first-order valence-corrected chi connectivity index (χ1v) is 5.77. The molecule has 1 amide bonds. The standard InChI is InChI=1S/C10H18ClNO2/c11-5-1-2-10(13)12-6-3-9-4-7-14-8-9/h9H,1-8H2,(H,12,13). The number of hydrogen-bond donors (Lipinski definition) is 1. The average molecular weight is 220 g/mol. The summed E-state index contributed by atoms with van der Waals surface area (Å²) in [5.74, 6) is 1.32. The summed E-state index contributed by atoms with van der Waals surface area (Å²) in [5.41, 5.74) is 0. The highest BCUT2D eigenvalue weighted by atomic mass is 35.5. The van der Waals surface area contributed by atoms with Crippen molar-refractivity contribution < 1.29 is 9.53 Å². The highest BCUT2D eigenvalue weighted by Gasteiger charge is 2.14. The van der Waals surface area contributed by atoms with Crippen molar-refractivity contribution in [1.29, 1.82) is 0 Å². The summed E-state index contributed by atoms with van der Waals surface area (Å²) in [7, 11) is 0. The zero-order chi connectivity index (χ0) is 10.2. The van der Waals surface area contributed by atoms with Crippen LogP contribution in [0.5, 0.6) is 0 Å². The fraction of sp³-hybridized carbons (Fsp3) is 0.900. The minimum absolute atomic E-state index is 0.115. The van der Waals surface area contributed by atoms with E-state index in [0.29, 0.717) is 18.2 Å². The predicted octanol–water partition coefficient (Wildman–Crippen LogP) is 1.55. The van der Waals surface area contributed by atoms with Crippen LogP contribution in [0.4, 0.5) is 0 Å². The molecule has 0 aromatic heterocycles. The molecule has 1 saturated heterocycles. The van der Waals surface area contributed by atoms with Crippen molar-refractivity contribution in [3.05, 3.63) is 0 Å². The minimum atomic E-state index is 0.115. The van der Waals surface area contributed by atoms with Gasteiger partial charge in [0.15, 0.2) is 0 Å². The third kappa shape index (κ3) is 4.82. The topological polar surface area (TPSA) is 38.3 Å². The summed E-state index contributed by atoms with van der Waals surface area (Å²) < 4.78 is 5.25. The summed E-state index contributed by atoms with van der Waals surface area (Å²) in [6.07, 6.45) is 3.48. The van der Waals surface area contributed by atoms with E-state index in [1.807, 2.05) is 0 Å². The zero-order valence-electron chi connectivity index (χ0n) is 8.43. The SMILES string of the molecule is O=C(CCCCl)NCCC1CCOC1. The second kappa shape index (κ2) is 7.07. The first-order valence-electron chi connectivity index (χ1n) is 5.23. The molecule has 4 heteroatoms. The molecule has 1 atom stereocenters. The number of alkyl halides is 1. The zero-order valence-corrected chi connectivity index (χ0v) is 9.18. The molecule has 3 nitrogen and oxygen atoms in total. The van der Waals surface area contributed by atoms with Crippen molar-refractivity contribution in [3.8, 4) is 0 Å². The van der Waals surface area contributed by atoms with Gasteiger partial charge >= 0.3 is 0 Å². The Morgan fingerprint density at radius 2 is 2.43 bits per heavy atom. The van der Waals surface area contributed by atoms with E-state index in [1.165, 1.54) is 0 Å². The fourth-order valence-electron chi connectivity index (χ4n) is 1.54. The lowest BCUT2D eigenvalue weighted by Crippen LogP contribution is -2.25. The summed E-state index contributed by atoms with van der Waals surface area (Å²) in [6, 6.07) is 0. The van der Waals surface area contributed by atoms with Crippen molar-refractivity contribution in [2.75, 3.05) is 25.6 Å². The second-order valence-corrected chi connectivity index (χ2v) is 4.04. The fourth-order valence-corrected chi connectivity index (χ4v) is 1.68. The van der Waals surface area contributed by atoms with Crippen LogP contribution in [0.3, 0.4) is 0 Å². The van der Waals surface area contributed by atoms with Gasteiger partial charge in [-0.3, -0.25) is 4.79 Å². The van der Waals surface area contributed by atoms with E-state index in [-0.39, 0.29) is 5.91 Å². The first kappa shape index (κ1) is 11.8. The van der Waals surface area contributed by atoms with Gasteiger partial charge in [-0.1, -0.05) is 0 Å². The number of carbonyl (C=O) groups excluding carboxylic acids is 1. The Morgan fingerprint density at radius 3 is 3.07 bits per heavy atom. The van der Waals surface area contributed by atoms with Crippen LogP contribution in [0.25, 0.3) is 0 Å². The highest BCUT2D eigenvalue weighted by molar-refractivity contribution is 6.17. The van der Waals surface area contributed by atoms with Gasteiger partial charge in [0.2, 0.25) is 5.91 Å². The van der Waals surface area contributed by atoms with Gasteiger partial charge in [0.25, 0.3) is 0 Å². The van der Waals surface area contributed by atoms with E-state index >= 15 is 0 Å². The number of hydrogen-bond acceptors (Lipinski definition) is 2. The molecule has 0 bridgehead atoms. The Labute approximate surface area is 90.1 Å². The van der Waals surface area contributed by atoms with Crippen molar-refractivity contribution in [1.82, 2.24) is 5.32 Å². The Hall–Kier alpha value is -0.280. The monoisotopic (exact) mass is 219 g/mol. The molecule has 0 aromatic rings. The quantitative estimate of drug-likeness (QED) is 0.689. The van der Waals surface area contributed by atoms with E-state index in [0.717, 1.165) is 39.0 Å². The average Bonchev–Trinajstić information content (AvgIpc) is 2.67. The molecular weight excluding hydrogens is 202 g/mol. The van der Waals surface area contributed by atoms with Crippen molar-refractivity contribution in [3.63, 3.8) is 0 Å². The van der Waals surface area contributed by atoms with Crippen LogP contribution in [-0.2, 0) is 9.53 Å². The molecule has 14 heavy (non-hydrogen) atoms. The van der Waals surface area contributed by atoms with Crippen molar-refractivity contribution in [2.24, 2.45) is 5.92 Å². The van der Waals surface area contributed by atoms with Crippen LogP contribution in [-0.4, -0.2) is 31.5 Å². The van der Waals surface area contributed by atoms with Gasteiger partial charge in [-0.2, -0.15) is 0 Å². The van der Waals surface area contributed by atoms with Gasteiger partial charge in [0, 0.05) is 32.1 Å². The van der Waals surface area contributed by atoms with Crippen LogP contribution in [0.15, 0.2) is 0 Å². The smallest absolute Gasteiger partial charge is 0.220 e. The van der Waals surface area contributed by atoms with Crippen molar-refractivity contribution in [2.45, 2.75) is 25.7 Å². The summed E-state index contributed by atoms with van der Waals surface area (Å²) in [5, 5.41) is 2.89. The minimum Gasteiger partial charge on any atom is -0.381 e. The van der Waals surface area contributed by atoms with Crippen LogP contribution in [0, 0.1) is 5.92 Å². The van der Waals surface area contributed by atoms with Crippen LogP contribution >= 0.6 is 11.6 Å². The van der Waals surface area contributed by atoms with Gasteiger partial charge < -0.3 is 10.1 Å². The molecule has 0 saturated carbocycles. The molecule has 1 unspecified atom stereocenters. The van der Waals surface area contributed by atoms with E-state index < -0.39 is 0 Å². The van der Waals surface area contributed by atoms with E-state index in [4.69, 9.17) is 16.3 Å². The summed E-state index contributed by atoms with van der Waals surface area (Å²) in [6.45, 7) is 2.51. The lowest BCUT2D eigenvalue weighted by atomic mass is 10.1. The maximum atomic E-state index is 11.2. The van der Waals surface area contributed by atoms with Crippen LogP contribution in [0.2, 0.25) is 0 Å². The lowest BCUT2D eigenvalue weighted by molar-refractivity contribution is -0.121. The molecule has 1 aliphatic heterocycles. The maximum absolute atomic E-state index is 11.2. The molecule has 82 valence electrons. The van der Waals surface area contributed by atoms with E-state index in [1.54, 1.807) is 0 Å². The maximum Gasteiger partial charge on any atom is 0.220 e. The predicted molar refractivity (Wildman–Crippen MR) is 56.5 cm³/mol. The molecule has 1 rings (SSSR count). The molecule has 1 fully saturated rings. The van der Waals surface area contributed by atoms with Crippen LogP contribution < -0.4 is 5.32 Å². The lowest BCUT2D eigenvalue weighted by Gasteiger charge is -2.08. The number of ether oxygens (including phenoxy) is 1. The second-order valence-electron chi connectivity index (χ2n) is 3.66. The highest BCUT2D eigenvalue weighted by Crippen LogP contribution is 2.15. The Morgan fingerprint density at radius 1 is 1.57 bits per heavy atom. The number of amides is 1. The molecule has 0 radical (unpaired) electrons. The van der Waals surface area contributed by atoms with E-state index in [2.05, 4.69) is 5.32 Å². The Balaban J connectivity index is 1.94. The molecule has 0 aliphatic carbocycles. The number of rotatable bonds is 6. The molecule has 1 N–H and O–H groups in total. The number of carbonyl (C=O) groups is 1. The third-order valence-corrected chi connectivity index (χ3v) is 2.70. The normalized spacial score (nSPS) is 21.1. The number of nitrogens with one attached hydrogen (secondary N) is 1. The molecule has 0 spiro atoms. The van der Waals surface area contributed by atoms with Gasteiger partial charge in [-0.05, 0) is 25.2 Å². The molecule has 0 aromatic carbocycles. The van der Waals surface area contributed by atoms with Gasteiger partial charge in [0.05, 0.1) is 0 Å². The van der Waals surface area contributed by atoms with Gasteiger partial charge in [-0.15, -0.1) is 11.6 Å². The van der Waals surface area contributed by atoms with Crippen molar-refractivity contribution >= 4 is 17.5 Å². The number of halogens is 1. The molecule has 1 heterocycles. The third-order valence-electron chi connectivity index (χ3n) is 2.44. The van der Waals surface area contributed by atoms with Crippen LogP contribution in [0.1, 0.15) is 25.7 Å². The Kier molecular flexibility index (Phi) is 5.96. The summed E-state index contributed by atoms with van der Waals surface area (Å²) >= 11 is 5.49.